The molecule has 0 aliphatic heterocycles. The minimum atomic E-state index is -0.255. The Bertz CT molecular complexity index is 956. The Morgan fingerprint density at radius 2 is 2.20 bits per heavy atom. The summed E-state index contributed by atoms with van der Waals surface area (Å²) in [6.45, 7) is 5.68. The zero-order valence-corrected chi connectivity index (χ0v) is 16.6. The molecule has 0 aliphatic carbocycles. The molecule has 0 radical (unpaired) electrons. The van der Waals surface area contributed by atoms with Gasteiger partial charge in [-0.25, -0.2) is 4.98 Å². The molecule has 5 nitrogen and oxygen atoms in total. The van der Waals surface area contributed by atoms with E-state index in [-0.39, 0.29) is 23.4 Å². The Balaban J connectivity index is 1.77. The summed E-state index contributed by atoms with van der Waals surface area (Å²) in [6.07, 6.45) is -0.118. The molecule has 0 aromatic carbocycles. The molecule has 0 saturated carbocycles. The lowest BCUT2D eigenvalue weighted by atomic mass is 10.2. The molecule has 0 unspecified atom stereocenters. The number of nitrogens with one attached hydrogen (secondary N) is 1. The van der Waals surface area contributed by atoms with E-state index in [0.29, 0.717) is 17.0 Å². The number of ether oxygens (including phenoxy) is 1. The maximum absolute atomic E-state index is 12.5. The van der Waals surface area contributed by atoms with Crippen LogP contribution in [-0.2, 0) is 15.3 Å². The number of hydrogen-bond donors (Lipinski definition) is 1. The number of esters is 1. The van der Waals surface area contributed by atoms with Crippen LogP contribution in [0, 0.1) is 6.92 Å². The van der Waals surface area contributed by atoms with E-state index in [2.05, 4.69) is 9.97 Å². The number of H-pyrrole nitrogens is 1. The molecule has 3 aromatic heterocycles. The molecular weight excluding hydrogens is 376 g/mol. The molecule has 0 amide bonds. The van der Waals surface area contributed by atoms with Gasteiger partial charge in [0.25, 0.3) is 5.56 Å². The first-order valence-electron chi connectivity index (χ1n) is 7.78. The van der Waals surface area contributed by atoms with Crippen molar-refractivity contribution in [2.75, 3.05) is 5.75 Å². The van der Waals surface area contributed by atoms with Crippen molar-refractivity contribution in [3.63, 3.8) is 0 Å². The number of aromatic amines is 1. The predicted octanol–water partition coefficient (Wildman–Crippen LogP) is 4.21. The predicted molar refractivity (Wildman–Crippen MR) is 106 cm³/mol. The summed E-state index contributed by atoms with van der Waals surface area (Å²) in [5.41, 5.74) is 0.805. The van der Waals surface area contributed by atoms with Crippen LogP contribution in [0.4, 0.5) is 0 Å². The fourth-order valence-electron chi connectivity index (χ4n) is 2.35. The topological polar surface area (TPSA) is 72.0 Å². The van der Waals surface area contributed by atoms with E-state index in [1.807, 2.05) is 38.3 Å². The van der Waals surface area contributed by atoms with Crippen LogP contribution >= 0.6 is 34.4 Å². The van der Waals surface area contributed by atoms with Gasteiger partial charge in [0.15, 0.2) is 0 Å². The molecule has 0 atom stereocenters. The average molecular weight is 395 g/mol. The number of nitrogens with zero attached hydrogens (tertiary/aromatic N) is 1. The average Bonchev–Trinajstić information content (AvgIpc) is 3.12. The summed E-state index contributed by atoms with van der Waals surface area (Å²) in [6, 6.07) is 4.08. The standard InChI is InChI=1S/C17H18N2O3S3/c1-9(2)22-14(20)8-23-7-13-18-16(21)15-11(6-24-17(15)19-13)12-5-4-10(3)25-12/h4-6,9H,7-8H2,1-3H3,(H,18,19,21). The van der Waals surface area contributed by atoms with Crippen LogP contribution in [-0.4, -0.2) is 27.8 Å². The van der Waals surface area contributed by atoms with Gasteiger partial charge in [-0.3, -0.25) is 9.59 Å². The summed E-state index contributed by atoms with van der Waals surface area (Å²) < 4.78 is 5.09. The number of aromatic nitrogens is 2. The Morgan fingerprint density at radius 1 is 1.40 bits per heavy atom. The van der Waals surface area contributed by atoms with Crippen molar-refractivity contribution in [3.05, 3.63) is 38.6 Å². The number of carbonyl (C=O) groups excluding carboxylic acids is 1. The van der Waals surface area contributed by atoms with Gasteiger partial charge in [-0.1, -0.05) is 0 Å². The molecule has 3 rings (SSSR count). The van der Waals surface area contributed by atoms with Gasteiger partial charge in [-0.05, 0) is 32.9 Å². The quantitative estimate of drug-likeness (QED) is 0.634. The number of fused-ring (bicyclic) bond motifs is 1. The van der Waals surface area contributed by atoms with E-state index in [4.69, 9.17) is 4.74 Å². The molecule has 25 heavy (non-hydrogen) atoms. The lowest BCUT2D eigenvalue weighted by molar-refractivity contribution is -0.144. The number of rotatable bonds is 6. The monoisotopic (exact) mass is 394 g/mol. The highest BCUT2D eigenvalue weighted by Crippen LogP contribution is 2.35. The first-order chi connectivity index (χ1) is 11.9. The van der Waals surface area contributed by atoms with E-state index in [0.717, 1.165) is 15.3 Å². The number of thiophene rings is 2. The van der Waals surface area contributed by atoms with Gasteiger partial charge in [0.1, 0.15) is 10.7 Å². The Hall–Kier alpha value is -1.64. The zero-order valence-electron chi connectivity index (χ0n) is 14.1. The smallest absolute Gasteiger partial charge is 0.316 e. The van der Waals surface area contributed by atoms with Crippen molar-refractivity contribution < 1.29 is 9.53 Å². The summed E-state index contributed by atoms with van der Waals surface area (Å²) >= 11 is 4.51. The Labute approximate surface area is 157 Å². The van der Waals surface area contributed by atoms with Crippen LogP contribution < -0.4 is 5.56 Å². The lowest BCUT2D eigenvalue weighted by Crippen LogP contribution is -2.14. The highest BCUT2D eigenvalue weighted by Gasteiger charge is 2.14. The Kier molecular flexibility index (Phi) is 5.61. The van der Waals surface area contributed by atoms with E-state index < -0.39 is 0 Å². The summed E-state index contributed by atoms with van der Waals surface area (Å²) in [5, 5.41) is 2.62. The van der Waals surface area contributed by atoms with Crippen molar-refractivity contribution in [2.45, 2.75) is 32.6 Å². The van der Waals surface area contributed by atoms with Crippen LogP contribution in [0.5, 0.6) is 0 Å². The van der Waals surface area contributed by atoms with Crippen LogP contribution in [0.1, 0.15) is 24.5 Å². The molecule has 0 bridgehead atoms. The molecule has 0 fully saturated rings. The van der Waals surface area contributed by atoms with Gasteiger partial charge < -0.3 is 9.72 Å². The summed E-state index contributed by atoms with van der Waals surface area (Å²) in [7, 11) is 0. The van der Waals surface area contributed by atoms with Crippen LogP contribution in [0.2, 0.25) is 0 Å². The van der Waals surface area contributed by atoms with Gasteiger partial charge in [0.05, 0.1) is 23.0 Å². The van der Waals surface area contributed by atoms with E-state index >= 15 is 0 Å². The molecule has 3 aromatic rings. The first-order valence-corrected chi connectivity index (χ1v) is 10.6. The number of aryl methyl sites for hydroxylation is 1. The maximum Gasteiger partial charge on any atom is 0.316 e. The molecule has 0 aliphatic rings. The summed E-state index contributed by atoms with van der Waals surface area (Å²) in [5.74, 6) is 1.03. The van der Waals surface area contributed by atoms with Crippen molar-refractivity contribution in [2.24, 2.45) is 0 Å². The van der Waals surface area contributed by atoms with Crippen molar-refractivity contribution in [1.82, 2.24) is 9.97 Å². The highest BCUT2D eigenvalue weighted by molar-refractivity contribution is 7.99. The fourth-order valence-corrected chi connectivity index (χ4v) is 4.94. The van der Waals surface area contributed by atoms with Gasteiger partial charge in [0.2, 0.25) is 0 Å². The minimum Gasteiger partial charge on any atom is -0.462 e. The molecule has 0 saturated heterocycles. The van der Waals surface area contributed by atoms with E-state index in [1.165, 1.54) is 28.0 Å². The molecule has 0 spiro atoms. The zero-order chi connectivity index (χ0) is 18.0. The van der Waals surface area contributed by atoms with Crippen molar-refractivity contribution in [3.8, 4) is 10.4 Å². The first kappa shape index (κ1) is 18.2. The van der Waals surface area contributed by atoms with Crippen LogP contribution in [0.15, 0.2) is 22.3 Å². The normalized spacial score (nSPS) is 11.4. The SMILES string of the molecule is Cc1ccc(-c2csc3nc(CSCC(=O)OC(C)C)[nH]c(=O)c23)s1. The molecule has 3 heterocycles. The van der Waals surface area contributed by atoms with E-state index in [9.17, 15) is 9.59 Å². The van der Waals surface area contributed by atoms with Gasteiger partial charge in [-0.15, -0.1) is 34.4 Å². The molecular formula is C17H18N2O3S3. The van der Waals surface area contributed by atoms with Crippen molar-refractivity contribution >= 4 is 50.6 Å². The maximum atomic E-state index is 12.5. The lowest BCUT2D eigenvalue weighted by Gasteiger charge is -2.07. The molecule has 1 N–H and O–H groups in total. The third-order valence-electron chi connectivity index (χ3n) is 3.32. The van der Waals surface area contributed by atoms with Gasteiger partial charge >= 0.3 is 5.97 Å². The largest absolute Gasteiger partial charge is 0.462 e. The second-order valence-electron chi connectivity index (χ2n) is 5.78. The van der Waals surface area contributed by atoms with Crippen LogP contribution in [0.25, 0.3) is 20.7 Å². The molecule has 8 heteroatoms. The third-order valence-corrected chi connectivity index (χ3v) is 6.15. The Morgan fingerprint density at radius 3 is 2.88 bits per heavy atom. The van der Waals surface area contributed by atoms with Crippen molar-refractivity contribution in [1.29, 1.82) is 0 Å². The summed E-state index contributed by atoms with van der Waals surface area (Å²) in [4.78, 5) is 34.5. The van der Waals surface area contributed by atoms with Gasteiger partial charge in [-0.2, -0.15) is 0 Å². The minimum absolute atomic E-state index is 0.118. The highest BCUT2D eigenvalue weighted by atomic mass is 32.2. The second kappa shape index (κ2) is 7.72. The van der Waals surface area contributed by atoms with E-state index in [1.54, 1.807) is 11.3 Å². The number of carbonyl (C=O) groups is 1. The van der Waals surface area contributed by atoms with Gasteiger partial charge in [0, 0.05) is 20.7 Å². The van der Waals surface area contributed by atoms with Crippen LogP contribution in [0.3, 0.4) is 0 Å². The fraction of sp³-hybridized carbons (Fsp3) is 0.353. The number of thioether (sulfide) groups is 1. The second-order valence-corrected chi connectivity index (χ2v) is 8.92. The molecule has 132 valence electrons. The third kappa shape index (κ3) is 4.31. The number of hydrogen-bond acceptors (Lipinski definition) is 7.